The van der Waals surface area contributed by atoms with Gasteiger partial charge in [-0.05, 0) is 36.8 Å². The van der Waals surface area contributed by atoms with Crippen LogP contribution in [0.2, 0.25) is 0 Å². The summed E-state index contributed by atoms with van der Waals surface area (Å²) in [5, 5.41) is 4.18. The Morgan fingerprint density at radius 3 is 2.86 bits per heavy atom. The number of carbonyl (C=O) groups is 1. The lowest BCUT2D eigenvalue weighted by atomic mass is 10.1. The molecule has 1 aromatic carbocycles. The van der Waals surface area contributed by atoms with Crippen LogP contribution in [0.4, 0.5) is 0 Å². The Balaban J connectivity index is 1.73. The molecule has 0 aliphatic carbocycles. The maximum Gasteiger partial charge on any atom is 0.254 e. The van der Waals surface area contributed by atoms with E-state index in [0.29, 0.717) is 25.3 Å². The fourth-order valence-corrected chi connectivity index (χ4v) is 2.51. The van der Waals surface area contributed by atoms with E-state index in [1.54, 1.807) is 10.9 Å². The molecule has 2 heterocycles. The van der Waals surface area contributed by atoms with Crippen LogP contribution in [0, 0.1) is 0 Å². The smallest absolute Gasteiger partial charge is 0.254 e. The molecule has 1 aliphatic heterocycles. The molecule has 1 amide bonds. The van der Waals surface area contributed by atoms with Gasteiger partial charge in [0, 0.05) is 31.0 Å². The predicted octanol–water partition coefficient (Wildman–Crippen LogP) is 2.12. The minimum absolute atomic E-state index is 0.0729. The Labute approximate surface area is 124 Å². The van der Waals surface area contributed by atoms with Gasteiger partial charge >= 0.3 is 0 Å². The van der Waals surface area contributed by atoms with Crippen molar-refractivity contribution in [2.24, 2.45) is 0 Å². The van der Waals surface area contributed by atoms with E-state index in [1.807, 2.05) is 41.4 Å². The zero-order valence-electron chi connectivity index (χ0n) is 12.1. The third-order valence-electron chi connectivity index (χ3n) is 3.76. The van der Waals surface area contributed by atoms with Crippen LogP contribution in [0.5, 0.6) is 0 Å². The summed E-state index contributed by atoms with van der Waals surface area (Å²) in [6.45, 7) is 4.04. The summed E-state index contributed by atoms with van der Waals surface area (Å²) < 4.78 is 7.38. The first kappa shape index (κ1) is 13.8. The number of hydrogen-bond donors (Lipinski definition) is 0. The molecule has 0 spiro atoms. The van der Waals surface area contributed by atoms with Gasteiger partial charge in [0.2, 0.25) is 0 Å². The van der Waals surface area contributed by atoms with Gasteiger partial charge in [0.25, 0.3) is 5.91 Å². The molecule has 0 radical (unpaired) electrons. The van der Waals surface area contributed by atoms with Crippen molar-refractivity contribution in [3.05, 3.63) is 48.3 Å². The number of carbonyl (C=O) groups excluding carboxylic acids is 1. The molecule has 5 nitrogen and oxygen atoms in total. The average Bonchev–Trinajstić information content (AvgIpc) is 3.09. The quantitative estimate of drug-likeness (QED) is 0.868. The molecular formula is C16H19N3O2. The first-order valence-corrected chi connectivity index (χ1v) is 7.29. The van der Waals surface area contributed by atoms with E-state index in [1.165, 1.54) is 0 Å². The van der Waals surface area contributed by atoms with Gasteiger partial charge in [-0.15, -0.1) is 0 Å². The number of amides is 1. The number of hydrogen-bond acceptors (Lipinski definition) is 3. The van der Waals surface area contributed by atoms with Gasteiger partial charge in [-0.3, -0.25) is 4.79 Å². The van der Waals surface area contributed by atoms with Crippen LogP contribution >= 0.6 is 0 Å². The van der Waals surface area contributed by atoms with E-state index in [0.717, 1.165) is 12.1 Å². The van der Waals surface area contributed by atoms with Gasteiger partial charge in [-0.2, -0.15) is 5.10 Å². The maximum absolute atomic E-state index is 12.5. The second-order valence-corrected chi connectivity index (χ2v) is 5.15. The Bertz CT molecular complexity index is 592. The van der Waals surface area contributed by atoms with Gasteiger partial charge in [0.05, 0.1) is 18.4 Å². The molecule has 1 saturated heterocycles. The minimum Gasteiger partial charge on any atom is -0.375 e. The van der Waals surface area contributed by atoms with Crippen molar-refractivity contribution in [3.8, 4) is 5.69 Å². The van der Waals surface area contributed by atoms with Gasteiger partial charge in [0.1, 0.15) is 0 Å². The number of aromatic nitrogens is 2. The van der Waals surface area contributed by atoms with Crippen molar-refractivity contribution in [2.75, 3.05) is 19.7 Å². The third kappa shape index (κ3) is 2.97. The lowest BCUT2D eigenvalue weighted by Crippen LogP contribution is -2.45. The predicted molar refractivity (Wildman–Crippen MR) is 79.5 cm³/mol. The van der Waals surface area contributed by atoms with E-state index in [2.05, 4.69) is 12.0 Å². The zero-order valence-corrected chi connectivity index (χ0v) is 12.1. The maximum atomic E-state index is 12.5. The number of nitrogens with zero attached hydrogens (tertiary/aromatic N) is 3. The molecule has 110 valence electrons. The molecule has 5 heteroatoms. The van der Waals surface area contributed by atoms with E-state index in [-0.39, 0.29) is 12.0 Å². The second-order valence-electron chi connectivity index (χ2n) is 5.15. The van der Waals surface area contributed by atoms with Crippen molar-refractivity contribution in [2.45, 2.75) is 19.4 Å². The molecule has 2 aromatic rings. The van der Waals surface area contributed by atoms with Crippen LogP contribution in [0.1, 0.15) is 23.7 Å². The summed E-state index contributed by atoms with van der Waals surface area (Å²) in [5.74, 6) is 0.0729. The molecule has 1 unspecified atom stereocenters. The first-order valence-electron chi connectivity index (χ1n) is 7.29. The largest absolute Gasteiger partial charge is 0.375 e. The molecular weight excluding hydrogens is 266 g/mol. The topological polar surface area (TPSA) is 47.4 Å². The van der Waals surface area contributed by atoms with Crippen LogP contribution < -0.4 is 0 Å². The van der Waals surface area contributed by atoms with E-state index in [4.69, 9.17) is 4.74 Å². The van der Waals surface area contributed by atoms with Crippen LogP contribution in [0.3, 0.4) is 0 Å². The standard InChI is InChI=1S/C16H19N3O2/c1-2-15-12-18(10-11-21-15)16(20)13-4-6-14(7-5-13)19-9-3-8-17-19/h3-9,15H,2,10-12H2,1H3. The Morgan fingerprint density at radius 2 is 2.19 bits per heavy atom. The average molecular weight is 285 g/mol. The SMILES string of the molecule is CCC1CN(C(=O)c2ccc(-n3cccn3)cc2)CCO1. The fourth-order valence-electron chi connectivity index (χ4n) is 2.51. The summed E-state index contributed by atoms with van der Waals surface area (Å²) in [6, 6.07) is 9.42. The molecule has 1 fully saturated rings. The Kier molecular flexibility index (Phi) is 4.01. The van der Waals surface area contributed by atoms with Crippen LogP contribution in [-0.2, 0) is 4.74 Å². The van der Waals surface area contributed by atoms with E-state index in [9.17, 15) is 4.79 Å². The molecule has 21 heavy (non-hydrogen) atoms. The van der Waals surface area contributed by atoms with Crippen LogP contribution in [0.25, 0.3) is 5.69 Å². The number of morpholine rings is 1. The third-order valence-corrected chi connectivity index (χ3v) is 3.76. The number of rotatable bonds is 3. The molecule has 0 N–H and O–H groups in total. The highest BCUT2D eigenvalue weighted by molar-refractivity contribution is 5.94. The van der Waals surface area contributed by atoms with Crippen LogP contribution in [0.15, 0.2) is 42.7 Å². The monoisotopic (exact) mass is 285 g/mol. The molecule has 0 saturated carbocycles. The Hall–Kier alpha value is -2.14. The summed E-state index contributed by atoms with van der Waals surface area (Å²) in [6.07, 6.45) is 4.70. The summed E-state index contributed by atoms with van der Waals surface area (Å²) in [7, 11) is 0. The molecule has 0 bridgehead atoms. The highest BCUT2D eigenvalue weighted by Gasteiger charge is 2.23. The van der Waals surface area contributed by atoms with Crippen molar-refractivity contribution >= 4 is 5.91 Å². The summed E-state index contributed by atoms with van der Waals surface area (Å²) in [5.41, 5.74) is 1.66. The number of ether oxygens (including phenoxy) is 1. The van der Waals surface area contributed by atoms with Crippen molar-refractivity contribution in [3.63, 3.8) is 0 Å². The normalized spacial score (nSPS) is 18.7. The number of benzene rings is 1. The minimum atomic E-state index is 0.0729. The van der Waals surface area contributed by atoms with Gasteiger partial charge in [0.15, 0.2) is 0 Å². The highest BCUT2D eigenvalue weighted by Crippen LogP contribution is 2.14. The van der Waals surface area contributed by atoms with Crippen LogP contribution in [-0.4, -0.2) is 46.4 Å². The van der Waals surface area contributed by atoms with Crippen molar-refractivity contribution < 1.29 is 9.53 Å². The Morgan fingerprint density at radius 1 is 1.38 bits per heavy atom. The molecule has 1 atom stereocenters. The van der Waals surface area contributed by atoms with Gasteiger partial charge in [-0.1, -0.05) is 6.92 Å². The fraction of sp³-hybridized carbons (Fsp3) is 0.375. The lowest BCUT2D eigenvalue weighted by Gasteiger charge is -2.32. The summed E-state index contributed by atoms with van der Waals surface area (Å²) in [4.78, 5) is 14.4. The van der Waals surface area contributed by atoms with Gasteiger partial charge < -0.3 is 9.64 Å². The molecule has 1 aliphatic rings. The first-order chi connectivity index (χ1) is 10.3. The second kappa shape index (κ2) is 6.10. The zero-order chi connectivity index (χ0) is 14.7. The van der Waals surface area contributed by atoms with Crippen molar-refractivity contribution in [1.82, 2.24) is 14.7 Å². The molecule has 3 rings (SSSR count). The molecule has 1 aromatic heterocycles. The lowest BCUT2D eigenvalue weighted by molar-refractivity contribution is -0.0226. The van der Waals surface area contributed by atoms with Gasteiger partial charge in [-0.25, -0.2) is 4.68 Å². The van der Waals surface area contributed by atoms with Crippen molar-refractivity contribution in [1.29, 1.82) is 0 Å². The summed E-state index contributed by atoms with van der Waals surface area (Å²) >= 11 is 0. The van der Waals surface area contributed by atoms with E-state index < -0.39 is 0 Å². The highest BCUT2D eigenvalue weighted by atomic mass is 16.5. The van der Waals surface area contributed by atoms with E-state index >= 15 is 0 Å².